The fourth-order valence-corrected chi connectivity index (χ4v) is 7.50. The molecule has 2 aliphatic carbocycles. The van der Waals surface area contributed by atoms with Crippen molar-refractivity contribution in [1.82, 2.24) is 30.4 Å². The van der Waals surface area contributed by atoms with Gasteiger partial charge in [-0.1, -0.05) is 32.9 Å². The van der Waals surface area contributed by atoms with Crippen molar-refractivity contribution in [2.45, 2.75) is 57.1 Å². The summed E-state index contributed by atoms with van der Waals surface area (Å²) in [6.45, 7) is 7.53. The molecule has 3 heterocycles. The highest BCUT2D eigenvalue weighted by Gasteiger charge is 2.65. The highest BCUT2D eigenvalue weighted by molar-refractivity contribution is 7.91. The van der Waals surface area contributed by atoms with Gasteiger partial charge in [-0.15, -0.1) is 15.3 Å². The molecule has 1 saturated carbocycles. The quantitative estimate of drug-likeness (QED) is 0.346. The first-order valence-corrected chi connectivity index (χ1v) is 14.7. The van der Waals surface area contributed by atoms with Crippen LogP contribution in [0.4, 0.5) is 8.78 Å². The Bertz CT molecular complexity index is 1700. The molecule has 3 atom stereocenters. The van der Waals surface area contributed by atoms with Crippen molar-refractivity contribution in [3.05, 3.63) is 76.9 Å². The fraction of sp³-hybridized carbons (Fsp3) is 0.393. The lowest BCUT2D eigenvalue weighted by Gasteiger charge is -2.37. The van der Waals surface area contributed by atoms with Gasteiger partial charge in [-0.2, -0.15) is 5.10 Å². The van der Waals surface area contributed by atoms with E-state index in [1.165, 1.54) is 18.2 Å². The van der Waals surface area contributed by atoms with E-state index in [-0.39, 0.29) is 34.2 Å². The average Bonchev–Trinajstić information content (AvgIpc) is 3.56. The molecule has 0 aliphatic heterocycles. The Morgan fingerprint density at radius 2 is 1.74 bits per heavy atom. The molecule has 1 N–H and O–H groups in total. The number of sulfone groups is 1. The third kappa shape index (κ3) is 3.58. The van der Waals surface area contributed by atoms with Crippen LogP contribution in [0.1, 0.15) is 74.5 Å². The summed E-state index contributed by atoms with van der Waals surface area (Å²) in [6.07, 6.45) is 1.67. The molecule has 6 rings (SSSR count). The molecule has 0 spiro atoms. The maximum Gasteiger partial charge on any atom is 0.180 e. The van der Waals surface area contributed by atoms with Crippen LogP contribution in [0.25, 0.3) is 22.8 Å². The van der Waals surface area contributed by atoms with E-state index in [1.807, 2.05) is 12.1 Å². The number of halogens is 2. The molecule has 1 unspecified atom stereocenters. The number of nitrogens with one attached hydrogen (secondary N) is 1. The SMILES string of the molecule is CCS(=O)(=O)C(C)c1nnc(-c2cccc([C@]34CC[C@@H](c5cc(-c6c(F)cccc6F)nnc53)C4(C)C)n2)[nH]1. The van der Waals surface area contributed by atoms with Gasteiger partial charge in [0.05, 0.1) is 28.1 Å². The molecule has 2 bridgehead atoms. The van der Waals surface area contributed by atoms with Gasteiger partial charge in [-0.25, -0.2) is 22.2 Å². The third-order valence-electron chi connectivity index (χ3n) is 8.86. The third-order valence-corrected chi connectivity index (χ3v) is 11.0. The monoisotopic (exact) mass is 550 g/mol. The van der Waals surface area contributed by atoms with E-state index < -0.39 is 32.1 Å². The maximum atomic E-state index is 14.5. The number of pyridine rings is 1. The Hall–Kier alpha value is -3.60. The predicted molar refractivity (Wildman–Crippen MR) is 141 cm³/mol. The zero-order valence-corrected chi connectivity index (χ0v) is 22.9. The summed E-state index contributed by atoms with van der Waals surface area (Å²) in [7, 11) is -3.34. The molecule has 3 aromatic heterocycles. The molecule has 0 saturated heterocycles. The summed E-state index contributed by atoms with van der Waals surface area (Å²) in [5.74, 6) is -0.597. The van der Waals surface area contributed by atoms with Gasteiger partial charge in [-0.05, 0) is 67.0 Å². The lowest BCUT2D eigenvalue weighted by Crippen LogP contribution is -2.37. The molecular weight excluding hydrogens is 522 g/mol. The van der Waals surface area contributed by atoms with Gasteiger partial charge in [-0.3, -0.25) is 0 Å². The van der Waals surface area contributed by atoms with Crippen LogP contribution in [0.15, 0.2) is 42.5 Å². The summed E-state index contributed by atoms with van der Waals surface area (Å²) in [5.41, 5.74) is 2.17. The van der Waals surface area contributed by atoms with Crippen molar-refractivity contribution in [3.63, 3.8) is 0 Å². The molecule has 39 heavy (non-hydrogen) atoms. The molecule has 0 radical (unpaired) electrons. The normalized spacial score (nSPS) is 22.2. The Kier molecular flexibility index (Phi) is 5.73. The standard InChI is InChI=1S/C28H28F2N6O2S/c1-5-39(37,38)15(2)25-32-26(36-35-25)20-10-7-11-22(31-20)28-13-12-17(27(28,3)4)16-14-21(33-34-24(16)28)23-18(29)8-6-9-19(23)30/h6-11,14-15,17H,5,12-13H2,1-4H3,(H,32,35,36)/t15?,17-,28+/m0/s1. The smallest absolute Gasteiger partial charge is 0.180 e. The first-order valence-electron chi connectivity index (χ1n) is 13.0. The fourth-order valence-electron chi connectivity index (χ4n) is 6.55. The second-order valence-electron chi connectivity index (χ2n) is 10.9. The van der Waals surface area contributed by atoms with E-state index in [0.717, 1.165) is 29.8 Å². The number of hydrogen-bond acceptors (Lipinski definition) is 7. The zero-order valence-electron chi connectivity index (χ0n) is 22.0. The van der Waals surface area contributed by atoms with Crippen LogP contribution in [0.3, 0.4) is 0 Å². The summed E-state index contributed by atoms with van der Waals surface area (Å²) in [6, 6.07) is 11.2. The van der Waals surface area contributed by atoms with Gasteiger partial charge in [0, 0.05) is 5.75 Å². The summed E-state index contributed by atoms with van der Waals surface area (Å²) < 4.78 is 53.8. The van der Waals surface area contributed by atoms with Crippen molar-refractivity contribution >= 4 is 9.84 Å². The molecular formula is C28H28F2N6O2S. The van der Waals surface area contributed by atoms with Crippen molar-refractivity contribution in [2.24, 2.45) is 5.41 Å². The Balaban J connectivity index is 1.44. The summed E-state index contributed by atoms with van der Waals surface area (Å²) >= 11 is 0. The second-order valence-corrected chi connectivity index (χ2v) is 13.5. The highest BCUT2D eigenvalue weighted by Crippen LogP contribution is 2.69. The van der Waals surface area contributed by atoms with Crippen molar-refractivity contribution in [3.8, 4) is 22.8 Å². The van der Waals surface area contributed by atoms with Crippen molar-refractivity contribution in [2.75, 3.05) is 5.75 Å². The van der Waals surface area contributed by atoms with E-state index in [0.29, 0.717) is 11.5 Å². The van der Waals surface area contributed by atoms with E-state index in [4.69, 9.17) is 4.98 Å². The minimum Gasteiger partial charge on any atom is -0.323 e. The van der Waals surface area contributed by atoms with Gasteiger partial charge in [0.1, 0.15) is 28.4 Å². The molecule has 8 nitrogen and oxygen atoms in total. The first kappa shape index (κ1) is 25.7. The summed E-state index contributed by atoms with van der Waals surface area (Å²) in [5, 5.41) is 16.3. The largest absolute Gasteiger partial charge is 0.323 e. The minimum absolute atomic E-state index is 0.00240. The van der Waals surface area contributed by atoms with E-state index in [2.05, 4.69) is 39.2 Å². The molecule has 1 fully saturated rings. The molecule has 0 amide bonds. The van der Waals surface area contributed by atoms with Crippen LogP contribution in [-0.2, 0) is 15.3 Å². The molecule has 4 aromatic rings. The van der Waals surface area contributed by atoms with Crippen LogP contribution in [0.2, 0.25) is 0 Å². The summed E-state index contributed by atoms with van der Waals surface area (Å²) in [4.78, 5) is 8.02. The van der Waals surface area contributed by atoms with Crippen LogP contribution in [0.5, 0.6) is 0 Å². The van der Waals surface area contributed by atoms with Gasteiger partial charge < -0.3 is 4.98 Å². The van der Waals surface area contributed by atoms with Gasteiger partial charge in [0.2, 0.25) is 0 Å². The van der Waals surface area contributed by atoms with Gasteiger partial charge in [0.15, 0.2) is 15.7 Å². The first-order chi connectivity index (χ1) is 18.5. The maximum absolute atomic E-state index is 14.5. The number of rotatable bonds is 6. The number of hydrogen-bond donors (Lipinski definition) is 1. The van der Waals surface area contributed by atoms with Crippen LogP contribution < -0.4 is 0 Å². The Morgan fingerprint density at radius 1 is 1.03 bits per heavy atom. The second kappa shape index (κ2) is 8.70. The zero-order chi connectivity index (χ0) is 27.7. The van der Waals surface area contributed by atoms with Gasteiger partial charge in [0.25, 0.3) is 0 Å². The number of aromatic amines is 1. The van der Waals surface area contributed by atoms with Crippen molar-refractivity contribution in [1.29, 1.82) is 0 Å². The molecule has 2 aliphatic rings. The average molecular weight is 551 g/mol. The molecule has 202 valence electrons. The van der Waals surface area contributed by atoms with Crippen LogP contribution in [0, 0.1) is 17.0 Å². The van der Waals surface area contributed by atoms with Crippen LogP contribution in [-0.4, -0.2) is 44.5 Å². The van der Waals surface area contributed by atoms with E-state index >= 15 is 0 Å². The highest BCUT2D eigenvalue weighted by atomic mass is 32.2. The lowest BCUT2D eigenvalue weighted by atomic mass is 9.66. The number of H-pyrrole nitrogens is 1. The molecule has 1 aromatic carbocycles. The number of benzene rings is 1. The Morgan fingerprint density at radius 3 is 2.46 bits per heavy atom. The number of nitrogens with zero attached hydrogens (tertiary/aromatic N) is 5. The topological polar surface area (TPSA) is 114 Å². The lowest BCUT2D eigenvalue weighted by molar-refractivity contribution is 0.243. The Labute approximate surface area is 225 Å². The number of fused-ring (bicyclic) bond motifs is 5. The molecule has 11 heteroatoms. The van der Waals surface area contributed by atoms with Crippen LogP contribution >= 0.6 is 0 Å². The van der Waals surface area contributed by atoms with E-state index in [9.17, 15) is 17.2 Å². The minimum atomic E-state index is -3.34. The predicted octanol–water partition coefficient (Wildman–Crippen LogP) is 5.30. The van der Waals surface area contributed by atoms with Crippen molar-refractivity contribution < 1.29 is 17.2 Å². The number of aromatic nitrogens is 6. The van der Waals surface area contributed by atoms with E-state index in [1.54, 1.807) is 26.0 Å². The van der Waals surface area contributed by atoms with Gasteiger partial charge >= 0.3 is 0 Å².